The van der Waals surface area contributed by atoms with Crippen molar-refractivity contribution >= 4 is 40.1 Å². The van der Waals surface area contributed by atoms with Gasteiger partial charge >= 0.3 is 0 Å². The number of nitrogens with zero attached hydrogens (tertiary/aromatic N) is 2. The summed E-state index contributed by atoms with van der Waals surface area (Å²) in [5, 5.41) is 0.503. The highest BCUT2D eigenvalue weighted by Gasteiger charge is 2.64. The molecule has 36 heavy (non-hydrogen) atoms. The number of hydrogen-bond acceptors (Lipinski definition) is 4. The van der Waals surface area contributed by atoms with E-state index in [1.807, 2.05) is 0 Å². The van der Waals surface area contributed by atoms with Gasteiger partial charge in [0.25, 0.3) is 11.8 Å². The zero-order valence-electron chi connectivity index (χ0n) is 18.8. The van der Waals surface area contributed by atoms with Crippen LogP contribution in [0.1, 0.15) is 27.2 Å². The van der Waals surface area contributed by atoms with Gasteiger partial charge in [-0.05, 0) is 42.0 Å². The molecule has 1 atom stereocenters. The molecule has 1 aromatic heterocycles. The second-order valence-corrected chi connectivity index (χ2v) is 9.16. The van der Waals surface area contributed by atoms with Crippen LogP contribution in [0.5, 0.6) is 0 Å². The molecule has 0 bridgehead atoms. The number of halogens is 2. The molecule has 0 aliphatic carbocycles. The Hall–Kier alpha value is -4.23. The maximum absolute atomic E-state index is 14.4. The molecule has 4 aromatic rings. The molecule has 3 heterocycles. The van der Waals surface area contributed by atoms with Gasteiger partial charge in [-0.2, -0.15) is 0 Å². The van der Waals surface area contributed by atoms with Crippen LogP contribution >= 0.6 is 11.6 Å². The number of carbonyl (C=O) groups is 2. The Morgan fingerprint density at radius 2 is 1.78 bits per heavy atom. The van der Waals surface area contributed by atoms with Crippen LogP contribution in [-0.2, 0) is 16.9 Å². The van der Waals surface area contributed by atoms with E-state index >= 15 is 0 Å². The van der Waals surface area contributed by atoms with Gasteiger partial charge in [-0.1, -0.05) is 48.0 Å². The van der Waals surface area contributed by atoms with E-state index in [4.69, 9.17) is 16.0 Å². The lowest BCUT2D eigenvalue weighted by molar-refractivity contribution is -0.126. The van der Waals surface area contributed by atoms with Crippen LogP contribution in [-0.4, -0.2) is 23.3 Å². The number of amides is 2. The highest BCUT2D eigenvalue weighted by molar-refractivity contribution is 6.31. The van der Waals surface area contributed by atoms with Crippen molar-refractivity contribution < 1.29 is 18.4 Å². The molecule has 0 saturated heterocycles. The monoisotopic (exact) mass is 500 g/mol. The first-order valence-electron chi connectivity index (χ1n) is 11.2. The van der Waals surface area contributed by atoms with Crippen molar-refractivity contribution in [3.05, 3.63) is 123 Å². The molecular weight excluding hydrogens is 483 g/mol. The Balaban J connectivity index is 1.66. The lowest BCUT2D eigenvalue weighted by Crippen LogP contribution is -2.53. The summed E-state index contributed by atoms with van der Waals surface area (Å²) in [6.07, 6.45) is 1.51. The number of rotatable bonds is 4. The molecule has 2 aliphatic rings. The normalized spacial score (nSPS) is 18.3. The predicted octanol–water partition coefficient (Wildman–Crippen LogP) is 5.02. The van der Waals surface area contributed by atoms with Crippen molar-refractivity contribution in [3.63, 3.8) is 0 Å². The van der Waals surface area contributed by atoms with E-state index in [9.17, 15) is 18.8 Å². The van der Waals surface area contributed by atoms with Gasteiger partial charge in [-0.3, -0.25) is 14.4 Å². The van der Waals surface area contributed by atoms with Gasteiger partial charge in [0.05, 0.1) is 23.2 Å². The van der Waals surface area contributed by atoms with Crippen molar-refractivity contribution in [1.82, 2.24) is 4.90 Å². The molecule has 6 nitrogen and oxygen atoms in total. The maximum Gasteiger partial charge on any atom is 0.291 e. The van der Waals surface area contributed by atoms with E-state index in [-0.39, 0.29) is 41.2 Å². The van der Waals surface area contributed by atoms with E-state index < -0.39 is 22.8 Å². The predicted molar refractivity (Wildman–Crippen MR) is 134 cm³/mol. The quantitative estimate of drug-likeness (QED) is 0.369. The number of hydrogen-bond donors (Lipinski definition) is 0. The number of anilines is 1. The van der Waals surface area contributed by atoms with E-state index in [0.717, 1.165) is 0 Å². The fraction of sp³-hybridized carbons (Fsp3) is 0.107. The third-order valence-electron chi connectivity index (χ3n) is 6.76. The number of benzene rings is 3. The van der Waals surface area contributed by atoms with E-state index in [1.54, 1.807) is 42.5 Å². The summed E-state index contributed by atoms with van der Waals surface area (Å²) in [5.41, 5.74) is -0.354. The minimum Gasteiger partial charge on any atom is -0.450 e. The van der Waals surface area contributed by atoms with Crippen molar-refractivity contribution in [3.8, 4) is 0 Å². The first-order valence-corrected chi connectivity index (χ1v) is 11.6. The van der Waals surface area contributed by atoms with Gasteiger partial charge in [0.2, 0.25) is 5.76 Å². The SMILES string of the molecule is C=CCN1C(=O)c2oc3ccc(Cl)cc3c(=O)c2C12C(=O)N(Cc1ccc(F)cc1)c1ccccc12. The second-order valence-electron chi connectivity index (χ2n) is 8.73. The van der Waals surface area contributed by atoms with E-state index in [1.165, 1.54) is 40.1 Å². The molecule has 0 radical (unpaired) electrons. The summed E-state index contributed by atoms with van der Waals surface area (Å²) in [6, 6.07) is 17.4. The van der Waals surface area contributed by atoms with Crippen molar-refractivity contribution in [1.29, 1.82) is 0 Å². The molecule has 0 fully saturated rings. The highest BCUT2D eigenvalue weighted by atomic mass is 35.5. The van der Waals surface area contributed by atoms with Crippen LogP contribution in [0.4, 0.5) is 10.1 Å². The summed E-state index contributed by atoms with van der Waals surface area (Å²) in [6.45, 7) is 3.88. The molecule has 8 heteroatoms. The van der Waals surface area contributed by atoms with Crippen molar-refractivity contribution in [2.75, 3.05) is 11.4 Å². The van der Waals surface area contributed by atoms with Gasteiger partial charge in [-0.25, -0.2) is 4.39 Å². The Bertz CT molecular complexity index is 1660. The largest absolute Gasteiger partial charge is 0.450 e. The lowest BCUT2D eigenvalue weighted by atomic mass is 9.84. The Morgan fingerprint density at radius 3 is 2.53 bits per heavy atom. The molecule has 2 amide bonds. The summed E-state index contributed by atoms with van der Waals surface area (Å²) in [5.74, 6) is -1.62. The minimum atomic E-state index is -1.74. The third-order valence-corrected chi connectivity index (χ3v) is 7.00. The Morgan fingerprint density at radius 1 is 1.03 bits per heavy atom. The van der Waals surface area contributed by atoms with Crippen molar-refractivity contribution in [2.24, 2.45) is 0 Å². The molecule has 2 aliphatic heterocycles. The summed E-state index contributed by atoms with van der Waals surface area (Å²) in [7, 11) is 0. The number of para-hydroxylation sites is 1. The van der Waals surface area contributed by atoms with E-state index in [2.05, 4.69) is 6.58 Å². The van der Waals surface area contributed by atoms with Gasteiger partial charge in [0.1, 0.15) is 11.4 Å². The number of carbonyl (C=O) groups excluding carboxylic acids is 2. The van der Waals surface area contributed by atoms with Crippen LogP contribution in [0, 0.1) is 5.82 Å². The van der Waals surface area contributed by atoms with Gasteiger partial charge in [0.15, 0.2) is 11.0 Å². The molecular formula is C28H18ClFN2O4. The molecule has 178 valence electrons. The average Bonchev–Trinajstić information content (AvgIpc) is 3.26. The first kappa shape index (κ1) is 22.2. The highest BCUT2D eigenvalue weighted by Crippen LogP contribution is 2.52. The molecule has 1 spiro atoms. The average molecular weight is 501 g/mol. The smallest absolute Gasteiger partial charge is 0.291 e. The van der Waals surface area contributed by atoms with Crippen LogP contribution < -0.4 is 10.3 Å². The molecule has 0 N–H and O–H groups in total. The van der Waals surface area contributed by atoms with Gasteiger partial charge < -0.3 is 14.2 Å². The number of fused-ring (bicyclic) bond motifs is 5. The Kier molecular flexibility index (Phi) is 4.88. The van der Waals surface area contributed by atoms with Crippen LogP contribution in [0.25, 0.3) is 11.0 Å². The van der Waals surface area contributed by atoms with Crippen molar-refractivity contribution in [2.45, 2.75) is 12.1 Å². The molecule has 3 aromatic carbocycles. The summed E-state index contributed by atoms with van der Waals surface area (Å²) >= 11 is 6.16. The summed E-state index contributed by atoms with van der Waals surface area (Å²) in [4.78, 5) is 44.9. The third kappa shape index (κ3) is 2.86. The fourth-order valence-corrected chi connectivity index (χ4v) is 5.44. The summed E-state index contributed by atoms with van der Waals surface area (Å²) < 4.78 is 19.5. The maximum atomic E-state index is 14.4. The second kappa shape index (κ2) is 7.90. The van der Waals surface area contributed by atoms with E-state index in [0.29, 0.717) is 21.8 Å². The zero-order chi connectivity index (χ0) is 25.2. The van der Waals surface area contributed by atoms with Gasteiger partial charge in [-0.15, -0.1) is 6.58 Å². The lowest BCUT2D eigenvalue weighted by Gasteiger charge is -2.33. The standard InChI is InChI=1S/C28H18ClFN2O4/c1-2-13-32-26(34)25-23(24(33)19-14-17(29)9-12-22(19)36-25)28(32)20-5-3-4-6-21(20)31(27(28)35)15-16-7-10-18(30)11-8-16/h2-12,14H,1,13,15H2. The van der Waals surface area contributed by atoms with Crippen LogP contribution in [0.2, 0.25) is 5.02 Å². The molecule has 1 unspecified atom stereocenters. The van der Waals surface area contributed by atoms with Gasteiger partial charge in [0, 0.05) is 17.1 Å². The molecule has 6 rings (SSSR count). The zero-order valence-corrected chi connectivity index (χ0v) is 19.6. The van der Waals surface area contributed by atoms with Crippen LogP contribution in [0.3, 0.4) is 0 Å². The molecule has 0 saturated carbocycles. The Labute approximate surface area is 209 Å². The topological polar surface area (TPSA) is 70.8 Å². The first-order chi connectivity index (χ1) is 17.4. The minimum absolute atomic E-state index is 0.00401. The van der Waals surface area contributed by atoms with Crippen LogP contribution in [0.15, 0.2) is 88.6 Å². The fourth-order valence-electron chi connectivity index (χ4n) is 5.27.